The van der Waals surface area contributed by atoms with Crippen LogP contribution in [-0.4, -0.2) is 30.4 Å². The second-order valence-corrected chi connectivity index (χ2v) is 6.15. The fourth-order valence-corrected chi connectivity index (χ4v) is 3.05. The van der Waals surface area contributed by atoms with Crippen LogP contribution in [0.2, 0.25) is 0 Å². The Morgan fingerprint density at radius 1 is 1.16 bits per heavy atom. The number of nitrogens with one attached hydrogen (secondary N) is 1. The predicted octanol–water partition coefficient (Wildman–Crippen LogP) is 3.30. The first kappa shape index (κ1) is 16.9. The van der Waals surface area contributed by atoms with E-state index in [0.29, 0.717) is 27.3 Å². The van der Waals surface area contributed by atoms with Crippen LogP contribution in [0.15, 0.2) is 52.4 Å². The highest BCUT2D eigenvalue weighted by Crippen LogP contribution is 2.31. The monoisotopic (exact) mass is 356 g/mol. The van der Waals surface area contributed by atoms with E-state index in [1.165, 1.54) is 24.9 Å². The molecule has 0 atom stereocenters. The third kappa shape index (κ3) is 3.95. The second-order valence-electron chi connectivity index (χ2n) is 5.11. The Balaban J connectivity index is 1.83. The Kier molecular flexibility index (Phi) is 4.95. The molecule has 0 saturated carbocycles. The molecular formula is C18H16N2O4S. The van der Waals surface area contributed by atoms with Crippen LogP contribution in [0.5, 0.6) is 17.2 Å². The van der Waals surface area contributed by atoms with Crippen LogP contribution in [0.3, 0.4) is 0 Å². The van der Waals surface area contributed by atoms with Crippen LogP contribution in [0.1, 0.15) is 5.56 Å². The van der Waals surface area contributed by atoms with Crippen LogP contribution in [-0.2, 0) is 4.79 Å². The number of carbonyl (C=O) groups excluding carboxylic acids is 1. The molecule has 7 heteroatoms. The largest absolute Gasteiger partial charge is 0.504 e. The van der Waals surface area contributed by atoms with E-state index in [1.54, 1.807) is 31.4 Å². The molecule has 0 spiro atoms. The van der Waals surface area contributed by atoms with Crippen molar-refractivity contribution in [2.75, 3.05) is 14.2 Å². The summed E-state index contributed by atoms with van der Waals surface area (Å²) < 4.78 is 10.2. The van der Waals surface area contributed by atoms with Gasteiger partial charge in [0.2, 0.25) is 0 Å². The Hall–Kier alpha value is -2.93. The van der Waals surface area contributed by atoms with Gasteiger partial charge in [0.05, 0.1) is 24.8 Å². The maximum Gasteiger partial charge on any atom is 0.264 e. The first-order chi connectivity index (χ1) is 12.1. The van der Waals surface area contributed by atoms with E-state index < -0.39 is 0 Å². The predicted molar refractivity (Wildman–Crippen MR) is 98.5 cm³/mol. The molecular weight excluding hydrogens is 340 g/mol. The number of aliphatic imine (C=N–C) groups is 1. The summed E-state index contributed by atoms with van der Waals surface area (Å²) in [5, 5.41) is 12.9. The number of ether oxygens (including phenoxy) is 2. The van der Waals surface area contributed by atoms with Gasteiger partial charge in [0, 0.05) is 6.07 Å². The number of hydrogen-bond donors (Lipinski definition) is 2. The van der Waals surface area contributed by atoms with Crippen molar-refractivity contribution in [3.63, 3.8) is 0 Å². The normalized spacial score (nSPS) is 17.0. The lowest BCUT2D eigenvalue weighted by atomic mass is 10.2. The summed E-state index contributed by atoms with van der Waals surface area (Å²) >= 11 is 1.25. The number of amides is 1. The van der Waals surface area contributed by atoms with Crippen molar-refractivity contribution in [1.29, 1.82) is 0 Å². The first-order valence-electron chi connectivity index (χ1n) is 7.39. The number of thioether (sulfide) groups is 1. The van der Waals surface area contributed by atoms with Crippen molar-refractivity contribution < 1.29 is 19.4 Å². The Bertz CT molecular complexity index is 877. The molecule has 0 aromatic heterocycles. The Morgan fingerprint density at radius 3 is 2.76 bits per heavy atom. The van der Waals surface area contributed by atoms with Gasteiger partial charge in [-0.05, 0) is 47.7 Å². The van der Waals surface area contributed by atoms with Crippen LogP contribution >= 0.6 is 11.8 Å². The standard InChI is InChI=1S/C18H16N2O4S/c1-23-13-5-3-4-12(10-13)19-18-20-17(22)16(25-18)9-11-6-7-14(21)15(8-11)24-2/h3-10,21H,1-2H3,(H,19,20,22)/b16-9+. The van der Waals surface area contributed by atoms with Gasteiger partial charge in [-0.15, -0.1) is 0 Å². The van der Waals surface area contributed by atoms with Crippen LogP contribution < -0.4 is 14.8 Å². The number of benzene rings is 2. The molecule has 1 saturated heterocycles. The van der Waals surface area contributed by atoms with E-state index in [0.717, 1.165) is 5.56 Å². The zero-order chi connectivity index (χ0) is 17.8. The lowest BCUT2D eigenvalue weighted by molar-refractivity contribution is -0.115. The highest BCUT2D eigenvalue weighted by atomic mass is 32.2. The maximum atomic E-state index is 12.1. The average Bonchev–Trinajstić information content (AvgIpc) is 2.95. The molecule has 1 heterocycles. The molecule has 0 unspecified atom stereocenters. The average molecular weight is 356 g/mol. The van der Waals surface area contributed by atoms with Gasteiger partial charge in [-0.25, -0.2) is 4.99 Å². The SMILES string of the molecule is COc1cccc(N=C2NC(=O)/C(=C\c3ccc(O)c(OC)c3)S2)c1. The van der Waals surface area contributed by atoms with Crippen LogP contribution in [0.25, 0.3) is 6.08 Å². The van der Waals surface area contributed by atoms with Gasteiger partial charge in [-0.2, -0.15) is 0 Å². The minimum absolute atomic E-state index is 0.0495. The minimum Gasteiger partial charge on any atom is -0.504 e. The van der Waals surface area contributed by atoms with Gasteiger partial charge in [-0.1, -0.05) is 12.1 Å². The molecule has 2 N–H and O–H groups in total. The van der Waals surface area contributed by atoms with Gasteiger partial charge >= 0.3 is 0 Å². The van der Waals surface area contributed by atoms with Gasteiger partial charge < -0.3 is 19.9 Å². The van der Waals surface area contributed by atoms with Crippen molar-refractivity contribution in [1.82, 2.24) is 5.32 Å². The summed E-state index contributed by atoms with van der Waals surface area (Å²) in [5.41, 5.74) is 1.43. The van der Waals surface area contributed by atoms with Crippen molar-refractivity contribution in [2.45, 2.75) is 0 Å². The van der Waals surface area contributed by atoms with E-state index in [1.807, 2.05) is 18.2 Å². The number of phenols is 1. The molecule has 2 aromatic rings. The number of amidine groups is 1. The van der Waals surface area contributed by atoms with Gasteiger partial charge in [0.15, 0.2) is 16.7 Å². The first-order valence-corrected chi connectivity index (χ1v) is 8.21. The molecule has 1 fully saturated rings. The lowest BCUT2D eigenvalue weighted by Crippen LogP contribution is -2.19. The number of phenolic OH excluding ortho intramolecular Hbond substituents is 1. The molecule has 1 aliphatic rings. The van der Waals surface area contributed by atoms with Crippen molar-refractivity contribution in [2.24, 2.45) is 4.99 Å². The summed E-state index contributed by atoms with van der Waals surface area (Å²) in [6, 6.07) is 12.2. The number of rotatable bonds is 4. The lowest BCUT2D eigenvalue weighted by Gasteiger charge is -2.03. The zero-order valence-corrected chi connectivity index (χ0v) is 14.5. The molecule has 25 heavy (non-hydrogen) atoms. The van der Waals surface area contributed by atoms with Crippen molar-refractivity contribution in [3.8, 4) is 17.2 Å². The molecule has 0 radical (unpaired) electrons. The fourth-order valence-electron chi connectivity index (χ4n) is 2.21. The minimum atomic E-state index is -0.223. The molecule has 2 aromatic carbocycles. The smallest absolute Gasteiger partial charge is 0.264 e. The van der Waals surface area contributed by atoms with E-state index in [9.17, 15) is 9.90 Å². The summed E-state index contributed by atoms with van der Waals surface area (Å²) in [5.74, 6) is 0.873. The summed E-state index contributed by atoms with van der Waals surface area (Å²) in [4.78, 5) is 17.1. The fraction of sp³-hybridized carbons (Fsp3) is 0.111. The molecule has 6 nitrogen and oxygen atoms in total. The molecule has 0 aliphatic carbocycles. The van der Waals surface area contributed by atoms with Gasteiger partial charge in [0.1, 0.15) is 5.75 Å². The van der Waals surface area contributed by atoms with E-state index in [4.69, 9.17) is 9.47 Å². The summed E-state index contributed by atoms with van der Waals surface area (Å²) in [6.07, 6.45) is 1.72. The van der Waals surface area contributed by atoms with E-state index >= 15 is 0 Å². The number of aromatic hydroxyl groups is 1. The Labute approximate surface area is 149 Å². The molecule has 1 aliphatic heterocycles. The topological polar surface area (TPSA) is 80.2 Å². The third-order valence-corrected chi connectivity index (χ3v) is 4.35. The molecule has 1 amide bonds. The van der Waals surface area contributed by atoms with Crippen LogP contribution in [0, 0.1) is 0 Å². The summed E-state index contributed by atoms with van der Waals surface area (Å²) in [6.45, 7) is 0. The van der Waals surface area contributed by atoms with E-state index in [2.05, 4.69) is 10.3 Å². The maximum absolute atomic E-state index is 12.1. The third-order valence-electron chi connectivity index (χ3n) is 3.44. The number of methoxy groups -OCH3 is 2. The quantitative estimate of drug-likeness (QED) is 0.822. The number of carbonyl (C=O) groups is 1. The van der Waals surface area contributed by atoms with Gasteiger partial charge in [-0.3, -0.25) is 4.79 Å². The van der Waals surface area contributed by atoms with E-state index in [-0.39, 0.29) is 11.7 Å². The van der Waals surface area contributed by atoms with Crippen molar-refractivity contribution in [3.05, 3.63) is 52.9 Å². The van der Waals surface area contributed by atoms with Gasteiger partial charge in [0.25, 0.3) is 5.91 Å². The number of hydrogen-bond acceptors (Lipinski definition) is 6. The highest BCUT2D eigenvalue weighted by Gasteiger charge is 2.24. The second kappa shape index (κ2) is 7.31. The Morgan fingerprint density at radius 2 is 2.00 bits per heavy atom. The molecule has 128 valence electrons. The summed E-state index contributed by atoms with van der Waals surface area (Å²) in [7, 11) is 3.06. The molecule has 0 bridgehead atoms. The van der Waals surface area contributed by atoms with Crippen LogP contribution in [0.4, 0.5) is 5.69 Å². The molecule has 3 rings (SSSR count). The highest BCUT2D eigenvalue weighted by molar-refractivity contribution is 8.18. The zero-order valence-electron chi connectivity index (χ0n) is 13.6. The number of nitrogens with zero attached hydrogens (tertiary/aromatic N) is 1. The van der Waals surface area contributed by atoms with Crippen molar-refractivity contribution >= 4 is 34.6 Å².